The van der Waals surface area contributed by atoms with Gasteiger partial charge < -0.3 is 29.9 Å². The van der Waals surface area contributed by atoms with Gasteiger partial charge in [-0.15, -0.1) is 0 Å². The van der Waals surface area contributed by atoms with Gasteiger partial charge in [-0.1, -0.05) is 66.7 Å². The minimum atomic E-state index is -1.18. The number of aliphatic carboxylic acids is 1. The molecule has 0 aliphatic carbocycles. The van der Waals surface area contributed by atoms with E-state index in [0.717, 1.165) is 27.9 Å². The Morgan fingerprint density at radius 1 is 0.870 bits per heavy atom. The van der Waals surface area contributed by atoms with Gasteiger partial charge >= 0.3 is 35.5 Å². The van der Waals surface area contributed by atoms with E-state index in [1.807, 2.05) is 73.0 Å². The molecule has 0 radical (unpaired) electrons. The molecule has 4 N–H and O–H groups in total. The molecule has 0 aliphatic rings. The van der Waals surface area contributed by atoms with Gasteiger partial charge in [-0.2, -0.15) is 0 Å². The summed E-state index contributed by atoms with van der Waals surface area (Å²) in [6, 6.07) is 23.3. The predicted molar refractivity (Wildman–Crippen MR) is 178 cm³/mol. The van der Waals surface area contributed by atoms with Crippen LogP contribution in [0.25, 0.3) is 22.3 Å². The summed E-state index contributed by atoms with van der Waals surface area (Å²) in [5.41, 5.74) is 6.14. The maximum absolute atomic E-state index is 14.2. The van der Waals surface area contributed by atoms with Crippen LogP contribution in [0.2, 0.25) is 0 Å². The molecule has 4 aromatic rings. The van der Waals surface area contributed by atoms with Crippen LogP contribution in [-0.2, 0) is 29.1 Å². The van der Waals surface area contributed by atoms with Crippen molar-refractivity contribution in [2.45, 2.75) is 70.9 Å². The summed E-state index contributed by atoms with van der Waals surface area (Å²) in [7, 11) is 1.64. The Hall–Kier alpha value is -3.31. The fourth-order valence-corrected chi connectivity index (χ4v) is 5.70. The molecule has 8 nitrogen and oxygen atoms in total. The Bertz CT molecular complexity index is 1570. The molecule has 1 heterocycles. The zero-order valence-corrected chi connectivity index (χ0v) is 25.9. The molecule has 240 valence electrons. The van der Waals surface area contributed by atoms with Crippen LogP contribution in [0.1, 0.15) is 66.5 Å². The molecule has 0 unspecified atom stereocenters. The number of aliphatic hydroxyl groups excluding tert-OH is 2. The van der Waals surface area contributed by atoms with Crippen molar-refractivity contribution in [3.8, 4) is 22.3 Å². The van der Waals surface area contributed by atoms with Crippen molar-refractivity contribution in [1.82, 2.24) is 9.88 Å². The molecule has 1 aromatic heterocycles. The number of aliphatic hydroxyl groups is 2. The third-order valence-electron chi connectivity index (χ3n) is 7.69. The van der Waals surface area contributed by atoms with Crippen LogP contribution in [0.5, 0.6) is 0 Å². The minimum absolute atomic E-state index is 0. The van der Waals surface area contributed by atoms with Crippen molar-refractivity contribution in [1.29, 1.82) is 0 Å². The molecule has 0 fully saturated rings. The molecule has 3 aromatic carbocycles. The molecule has 1 amide bonds. The van der Waals surface area contributed by atoms with Gasteiger partial charge in [-0.25, -0.2) is 4.39 Å². The third-order valence-corrected chi connectivity index (χ3v) is 7.69. The molecule has 46 heavy (non-hydrogen) atoms. The molecular formula is C36H42FN2NaO6. The van der Waals surface area contributed by atoms with Crippen molar-refractivity contribution in [3.63, 3.8) is 0 Å². The molecule has 0 saturated heterocycles. The number of carbonyl (C=O) groups excluding carboxylic acids is 1. The van der Waals surface area contributed by atoms with E-state index >= 15 is 0 Å². The van der Waals surface area contributed by atoms with E-state index in [9.17, 15) is 24.2 Å². The Balaban J connectivity index is 0.00000576. The Morgan fingerprint density at radius 3 is 2.07 bits per heavy atom. The number of methoxy groups -OCH3 is 1. The number of carboxylic acids is 1. The van der Waals surface area contributed by atoms with Gasteiger partial charge in [0.15, 0.2) is 0 Å². The number of benzene rings is 3. The molecule has 2 atom stereocenters. The number of carboxylic acid groups (broad SMARTS) is 1. The number of halogens is 1. The van der Waals surface area contributed by atoms with E-state index < -0.39 is 24.6 Å². The van der Waals surface area contributed by atoms with Crippen molar-refractivity contribution in [3.05, 3.63) is 107 Å². The summed E-state index contributed by atoms with van der Waals surface area (Å²) in [5.74, 6) is -1.81. The number of hydrogen-bond donors (Lipinski definition) is 4. The second-order valence-corrected chi connectivity index (χ2v) is 11.5. The Kier molecular flexibility index (Phi) is 14.2. The van der Waals surface area contributed by atoms with Gasteiger partial charge in [0.05, 0.1) is 25.2 Å². The quantitative estimate of drug-likeness (QED) is 0.128. The van der Waals surface area contributed by atoms with E-state index in [-0.39, 0.29) is 60.2 Å². The molecule has 0 saturated carbocycles. The number of ether oxygens (including phenoxy) is 1. The van der Waals surface area contributed by atoms with E-state index in [1.165, 1.54) is 12.1 Å². The van der Waals surface area contributed by atoms with Crippen molar-refractivity contribution in [2.24, 2.45) is 0 Å². The first-order chi connectivity index (χ1) is 21.6. The number of aromatic nitrogens is 1. The second-order valence-electron chi connectivity index (χ2n) is 11.5. The van der Waals surface area contributed by atoms with Crippen LogP contribution >= 0.6 is 0 Å². The summed E-state index contributed by atoms with van der Waals surface area (Å²) in [4.78, 5) is 25.2. The molecule has 0 spiro atoms. The fourth-order valence-electron chi connectivity index (χ4n) is 5.70. The van der Waals surface area contributed by atoms with E-state index in [0.29, 0.717) is 36.4 Å². The summed E-state index contributed by atoms with van der Waals surface area (Å²) >= 11 is 0. The molecule has 4 rings (SSSR count). The van der Waals surface area contributed by atoms with E-state index in [1.54, 1.807) is 19.2 Å². The number of nitrogens with one attached hydrogen (secondary N) is 1. The molecule has 10 heteroatoms. The fraction of sp³-hybridized carbons (Fsp3) is 0.333. The van der Waals surface area contributed by atoms with Gasteiger partial charge in [-0.05, 0) is 67.5 Å². The zero-order chi connectivity index (χ0) is 32.5. The molecular weight excluding hydrogens is 598 g/mol. The number of carbonyl (C=O) groups is 2. The van der Waals surface area contributed by atoms with Crippen LogP contribution in [0.3, 0.4) is 0 Å². The van der Waals surface area contributed by atoms with Crippen LogP contribution < -0.4 is 5.32 Å². The zero-order valence-electron chi connectivity index (χ0n) is 25.9. The van der Waals surface area contributed by atoms with Gasteiger partial charge in [0.25, 0.3) is 5.91 Å². The summed E-state index contributed by atoms with van der Waals surface area (Å²) in [5, 5.41) is 33.0. The first-order valence-corrected chi connectivity index (χ1v) is 15.1. The van der Waals surface area contributed by atoms with Gasteiger partial charge in [0, 0.05) is 36.5 Å². The number of amides is 1. The van der Waals surface area contributed by atoms with Gasteiger partial charge in [-0.3, -0.25) is 9.59 Å². The third kappa shape index (κ3) is 9.61. The number of nitrogens with zero attached hydrogens (tertiary/aromatic N) is 1. The topological polar surface area (TPSA) is 121 Å². The molecule has 0 bridgehead atoms. The van der Waals surface area contributed by atoms with Crippen LogP contribution in [0.4, 0.5) is 4.39 Å². The van der Waals surface area contributed by atoms with Crippen LogP contribution in [0.15, 0.2) is 78.9 Å². The summed E-state index contributed by atoms with van der Waals surface area (Å²) in [6.45, 7) is 4.75. The Morgan fingerprint density at radius 2 is 1.48 bits per heavy atom. The number of hydrogen-bond acceptors (Lipinski definition) is 5. The average molecular weight is 641 g/mol. The normalized spacial score (nSPS) is 12.4. The van der Waals surface area contributed by atoms with Crippen molar-refractivity contribution < 1.29 is 34.0 Å². The first-order valence-electron chi connectivity index (χ1n) is 15.1. The van der Waals surface area contributed by atoms with Gasteiger partial charge in [0.1, 0.15) is 11.5 Å². The van der Waals surface area contributed by atoms with Crippen molar-refractivity contribution in [2.75, 3.05) is 7.11 Å². The Labute approximate surface area is 291 Å². The van der Waals surface area contributed by atoms with Crippen LogP contribution in [-0.4, -0.2) is 80.6 Å². The SMILES string of the molecule is COCc1ccc(CNC(=O)c2c(-c3ccccc3)c(-c3ccc(F)cc3)c(CC[C@@H](O)C[C@@H](O)CC(=O)O)n2C(C)C)cc1.[NaH]. The van der Waals surface area contributed by atoms with Crippen molar-refractivity contribution >= 4 is 41.4 Å². The van der Waals surface area contributed by atoms with E-state index in [4.69, 9.17) is 9.84 Å². The molecule has 0 aliphatic heterocycles. The maximum atomic E-state index is 14.2. The average Bonchev–Trinajstić information content (AvgIpc) is 3.35. The first kappa shape index (κ1) is 37.2. The van der Waals surface area contributed by atoms with Gasteiger partial charge in [0.2, 0.25) is 0 Å². The predicted octanol–water partition coefficient (Wildman–Crippen LogP) is 5.49. The van der Waals surface area contributed by atoms with Crippen LogP contribution in [0, 0.1) is 5.82 Å². The second kappa shape index (κ2) is 17.6. The van der Waals surface area contributed by atoms with E-state index in [2.05, 4.69) is 5.32 Å². The summed E-state index contributed by atoms with van der Waals surface area (Å²) in [6.07, 6.45) is -2.18. The monoisotopic (exact) mass is 640 g/mol. The summed E-state index contributed by atoms with van der Waals surface area (Å²) < 4.78 is 21.3. The standard InChI is InChI=1S/C36H41FN2O6.Na.H/c1-23(2)39-31(18-17-29(40)19-30(41)20-32(42)43)33(27-13-15-28(37)16-14-27)34(26-7-5-4-6-8-26)35(39)36(44)38-21-24-9-11-25(12-10-24)22-45-3;;/h4-16,23,29-30,40-41H,17-22H2,1-3H3,(H,38,44)(H,42,43);;/t29-,30-;;/m1../s1. The number of rotatable bonds is 15.